The number of thioether (sulfide) groups is 1. The van der Waals surface area contributed by atoms with Gasteiger partial charge < -0.3 is 19.6 Å². The molecule has 1 unspecified atom stereocenters. The van der Waals surface area contributed by atoms with Crippen LogP contribution < -0.4 is 9.47 Å². The number of aliphatic carboxylic acids is 1. The number of aryl methyl sites for hydroxylation is 1. The van der Waals surface area contributed by atoms with Crippen molar-refractivity contribution < 1.29 is 19.4 Å². The molecule has 0 saturated heterocycles. The van der Waals surface area contributed by atoms with Gasteiger partial charge in [0.05, 0.1) is 11.2 Å². The van der Waals surface area contributed by atoms with Gasteiger partial charge in [-0.25, -0.2) is 4.98 Å². The van der Waals surface area contributed by atoms with E-state index >= 15 is 0 Å². The van der Waals surface area contributed by atoms with E-state index in [1.54, 1.807) is 17.8 Å². The molecule has 1 aliphatic heterocycles. The first kappa shape index (κ1) is 19.9. The van der Waals surface area contributed by atoms with Crippen molar-refractivity contribution >= 4 is 29.3 Å². The number of rotatable bonds is 10. The lowest BCUT2D eigenvalue weighted by Crippen LogP contribution is -2.10. The lowest BCUT2D eigenvalue weighted by atomic mass is 10.1. The Morgan fingerprint density at radius 1 is 1.41 bits per heavy atom. The number of nitrogens with one attached hydrogen (secondary N) is 1. The zero-order valence-corrected chi connectivity index (χ0v) is 16.7. The fourth-order valence-corrected chi connectivity index (χ4v) is 4.28. The number of carboxylic acids is 1. The van der Waals surface area contributed by atoms with E-state index in [0.29, 0.717) is 29.4 Å². The van der Waals surface area contributed by atoms with Crippen molar-refractivity contribution in [1.29, 1.82) is 0 Å². The molecule has 6 nitrogen and oxygen atoms in total. The van der Waals surface area contributed by atoms with Gasteiger partial charge in [0, 0.05) is 29.2 Å². The maximum atomic E-state index is 11.1. The number of imidazole rings is 1. The number of hydrogen-bond donors (Lipinski definition) is 2. The van der Waals surface area contributed by atoms with Gasteiger partial charge >= 0.3 is 5.97 Å². The van der Waals surface area contributed by atoms with Crippen LogP contribution in [-0.4, -0.2) is 33.1 Å². The second-order valence-corrected chi connectivity index (χ2v) is 8.22. The highest BCUT2D eigenvalue weighted by Gasteiger charge is 2.21. The number of halogens is 1. The van der Waals surface area contributed by atoms with Crippen LogP contribution in [0.25, 0.3) is 0 Å². The Hall–Kier alpha value is -1.86. The summed E-state index contributed by atoms with van der Waals surface area (Å²) in [5.74, 6) is 1.50. The first-order valence-corrected chi connectivity index (χ1v) is 10.3. The molecule has 146 valence electrons. The minimum Gasteiger partial charge on any atom is -0.481 e. The van der Waals surface area contributed by atoms with E-state index in [4.69, 9.17) is 26.2 Å². The van der Waals surface area contributed by atoms with Crippen LogP contribution in [-0.2, 0) is 17.6 Å². The summed E-state index contributed by atoms with van der Waals surface area (Å²) >= 11 is 8.01. The molecule has 0 fully saturated rings. The SMILES string of the molecule is CCCCc1ncc(SC(CCC(=O)O)Cc2cc3c(cc2Cl)OCO3)[nH]1. The quantitative estimate of drug-likeness (QED) is 0.552. The summed E-state index contributed by atoms with van der Waals surface area (Å²) in [5.41, 5.74) is 0.925. The molecule has 8 heteroatoms. The summed E-state index contributed by atoms with van der Waals surface area (Å²) < 4.78 is 10.8. The van der Waals surface area contributed by atoms with Crippen LogP contribution in [0.1, 0.15) is 44.0 Å². The second-order valence-electron chi connectivity index (χ2n) is 6.47. The lowest BCUT2D eigenvalue weighted by Gasteiger charge is -2.16. The number of fused-ring (bicyclic) bond motifs is 1. The van der Waals surface area contributed by atoms with E-state index in [9.17, 15) is 4.79 Å². The van der Waals surface area contributed by atoms with Gasteiger partial charge in [0.2, 0.25) is 6.79 Å². The minimum absolute atomic E-state index is 0.0541. The number of aromatic nitrogens is 2. The fraction of sp³-hybridized carbons (Fsp3) is 0.474. The van der Waals surface area contributed by atoms with Gasteiger partial charge in [0.1, 0.15) is 5.82 Å². The predicted molar refractivity (Wildman–Crippen MR) is 105 cm³/mol. The summed E-state index contributed by atoms with van der Waals surface area (Å²) in [5, 5.41) is 10.7. The Bertz CT molecular complexity index is 796. The van der Waals surface area contributed by atoms with Crippen LogP contribution in [0.3, 0.4) is 0 Å². The van der Waals surface area contributed by atoms with Crippen LogP contribution in [0.5, 0.6) is 11.5 Å². The molecule has 2 heterocycles. The molecule has 1 aromatic heterocycles. The average molecular weight is 411 g/mol. The molecule has 0 spiro atoms. The van der Waals surface area contributed by atoms with Crippen LogP contribution in [0.4, 0.5) is 0 Å². The van der Waals surface area contributed by atoms with Crippen LogP contribution in [0, 0.1) is 0 Å². The summed E-state index contributed by atoms with van der Waals surface area (Å²) in [6.45, 7) is 2.34. The van der Waals surface area contributed by atoms with E-state index in [1.807, 2.05) is 12.3 Å². The molecule has 1 aromatic carbocycles. The Morgan fingerprint density at radius 2 is 2.19 bits per heavy atom. The van der Waals surface area contributed by atoms with E-state index in [1.165, 1.54) is 0 Å². The molecule has 2 N–H and O–H groups in total. The molecule has 2 aromatic rings. The fourth-order valence-electron chi connectivity index (χ4n) is 2.90. The summed E-state index contributed by atoms with van der Waals surface area (Å²) in [4.78, 5) is 18.8. The van der Waals surface area contributed by atoms with Gasteiger partial charge in [-0.2, -0.15) is 0 Å². The number of hydrogen-bond acceptors (Lipinski definition) is 5. The maximum Gasteiger partial charge on any atom is 0.303 e. The van der Waals surface area contributed by atoms with Crippen molar-refractivity contribution in [2.75, 3.05) is 6.79 Å². The number of nitrogens with zero attached hydrogens (tertiary/aromatic N) is 1. The molecule has 27 heavy (non-hydrogen) atoms. The molecule has 0 amide bonds. The maximum absolute atomic E-state index is 11.1. The van der Waals surface area contributed by atoms with E-state index in [2.05, 4.69) is 16.9 Å². The second kappa shape index (κ2) is 9.37. The number of benzene rings is 1. The molecular weight excluding hydrogens is 388 g/mol. The third-order valence-electron chi connectivity index (χ3n) is 4.34. The molecule has 0 bridgehead atoms. The Kier molecular flexibility index (Phi) is 6.90. The Balaban J connectivity index is 1.71. The monoisotopic (exact) mass is 410 g/mol. The molecular formula is C19H23ClN2O4S. The van der Waals surface area contributed by atoms with Crippen molar-refractivity contribution in [3.8, 4) is 11.5 Å². The molecule has 3 rings (SSSR count). The van der Waals surface area contributed by atoms with Crippen molar-refractivity contribution in [2.24, 2.45) is 0 Å². The number of H-pyrrole nitrogens is 1. The number of ether oxygens (including phenoxy) is 2. The molecule has 0 radical (unpaired) electrons. The summed E-state index contributed by atoms with van der Waals surface area (Å²) in [6, 6.07) is 3.65. The summed E-state index contributed by atoms with van der Waals surface area (Å²) in [6.07, 6.45) is 6.23. The Morgan fingerprint density at radius 3 is 2.93 bits per heavy atom. The van der Waals surface area contributed by atoms with Crippen molar-refractivity contribution in [3.63, 3.8) is 0 Å². The van der Waals surface area contributed by atoms with E-state index in [0.717, 1.165) is 35.7 Å². The van der Waals surface area contributed by atoms with Crippen LogP contribution in [0.15, 0.2) is 23.4 Å². The molecule has 0 saturated carbocycles. The van der Waals surface area contributed by atoms with E-state index in [-0.39, 0.29) is 18.5 Å². The predicted octanol–water partition coefficient (Wildman–Crippen LogP) is 4.70. The normalized spacial score (nSPS) is 13.7. The lowest BCUT2D eigenvalue weighted by molar-refractivity contribution is -0.137. The molecule has 1 atom stereocenters. The van der Waals surface area contributed by atoms with Crippen LogP contribution >= 0.6 is 23.4 Å². The van der Waals surface area contributed by atoms with Crippen molar-refractivity contribution in [3.05, 3.63) is 34.7 Å². The van der Waals surface area contributed by atoms with Gasteiger partial charge in [-0.3, -0.25) is 4.79 Å². The summed E-state index contributed by atoms with van der Waals surface area (Å²) in [7, 11) is 0. The number of unbranched alkanes of at least 4 members (excludes halogenated alkanes) is 1. The zero-order chi connectivity index (χ0) is 19.2. The third kappa shape index (κ3) is 5.56. The smallest absolute Gasteiger partial charge is 0.303 e. The number of carboxylic acid groups (broad SMARTS) is 1. The minimum atomic E-state index is -0.800. The number of carbonyl (C=O) groups is 1. The first-order chi connectivity index (χ1) is 13.0. The molecule has 0 aliphatic carbocycles. The zero-order valence-electron chi connectivity index (χ0n) is 15.2. The van der Waals surface area contributed by atoms with Gasteiger partial charge in [-0.1, -0.05) is 24.9 Å². The van der Waals surface area contributed by atoms with Gasteiger partial charge in [-0.15, -0.1) is 11.8 Å². The topological polar surface area (TPSA) is 84.4 Å². The highest BCUT2D eigenvalue weighted by Crippen LogP contribution is 2.39. The van der Waals surface area contributed by atoms with Crippen molar-refractivity contribution in [1.82, 2.24) is 9.97 Å². The first-order valence-electron chi connectivity index (χ1n) is 9.05. The highest BCUT2D eigenvalue weighted by molar-refractivity contribution is 7.99. The van der Waals surface area contributed by atoms with Gasteiger partial charge in [-0.05, 0) is 30.9 Å². The standard InChI is InChI=1S/C19H23ClN2O4S/c1-2-3-4-17-21-10-18(22-17)27-13(5-6-19(23)24)7-12-8-15-16(9-14(12)20)26-11-25-15/h8-10,13H,2-7,11H2,1H3,(H,21,22)(H,23,24). The van der Waals surface area contributed by atoms with Crippen molar-refractivity contribution in [2.45, 2.75) is 55.7 Å². The third-order valence-corrected chi connectivity index (χ3v) is 5.88. The van der Waals surface area contributed by atoms with Gasteiger partial charge in [0.25, 0.3) is 0 Å². The van der Waals surface area contributed by atoms with Crippen LogP contribution in [0.2, 0.25) is 5.02 Å². The highest BCUT2D eigenvalue weighted by atomic mass is 35.5. The average Bonchev–Trinajstić information content (AvgIpc) is 3.27. The number of aromatic amines is 1. The molecule has 1 aliphatic rings. The Labute approximate surface area is 167 Å². The van der Waals surface area contributed by atoms with E-state index < -0.39 is 5.97 Å². The van der Waals surface area contributed by atoms with Gasteiger partial charge in [0.15, 0.2) is 11.5 Å². The largest absolute Gasteiger partial charge is 0.481 e.